The second-order valence-electron chi connectivity index (χ2n) is 12.0. The van der Waals surface area contributed by atoms with Gasteiger partial charge in [0.1, 0.15) is 11.5 Å². The monoisotopic (exact) mass is 638 g/mol. The Morgan fingerprint density at radius 3 is 1.43 bits per heavy atom. The summed E-state index contributed by atoms with van der Waals surface area (Å²) in [5.41, 5.74) is 11.9. The third-order valence-electron chi connectivity index (χ3n) is 8.33. The van der Waals surface area contributed by atoms with Crippen LogP contribution in [0.1, 0.15) is 137 Å². The highest BCUT2D eigenvalue weighted by Crippen LogP contribution is 2.23. The average Bonchev–Trinajstić information content (AvgIpc) is 3.04. The normalized spacial score (nSPS) is 12.2. The Bertz CT molecular complexity index is 1280. The molecule has 0 radical (unpaired) electrons. The van der Waals surface area contributed by atoms with Crippen molar-refractivity contribution in [3.8, 4) is 11.5 Å². The van der Waals surface area contributed by atoms with Crippen LogP contribution in [0.4, 0.5) is 0 Å². The summed E-state index contributed by atoms with van der Waals surface area (Å²) in [6, 6.07) is 9.93. The molecule has 10 nitrogen and oxygen atoms in total. The molecule has 0 bridgehead atoms. The molecule has 10 heteroatoms. The van der Waals surface area contributed by atoms with Gasteiger partial charge in [0.2, 0.25) is 11.8 Å². The first-order chi connectivity index (χ1) is 22.1. The SMILES string of the molecule is CCCCCc1ccc(C(=O)NNC(=O)C(CC)CCCC(CCC)C(=O)NNC(=O)c2ccc(CCCCC)cc2O)c(O)c1. The maximum absolute atomic E-state index is 12.9. The van der Waals surface area contributed by atoms with E-state index in [2.05, 4.69) is 35.6 Å². The molecule has 2 unspecified atom stereocenters. The molecular weight excluding hydrogens is 584 g/mol. The molecule has 0 spiro atoms. The van der Waals surface area contributed by atoms with Crippen LogP contribution in [-0.2, 0) is 22.4 Å². The fraction of sp³-hybridized carbons (Fsp3) is 0.556. The number of carbonyl (C=O) groups is 4. The second-order valence-corrected chi connectivity index (χ2v) is 12.0. The lowest BCUT2D eigenvalue weighted by Gasteiger charge is -2.19. The van der Waals surface area contributed by atoms with Crippen molar-refractivity contribution in [3.63, 3.8) is 0 Å². The third kappa shape index (κ3) is 12.7. The summed E-state index contributed by atoms with van der Waals surface area (Å²) >= 11 is 0. The summed E-state index contributed by atoms with van der Waals surface area (Å²) in [6.07, 6.45) is 11.6. The van der Waals surface area contributed by atoms with E-state index in [0.717, 1.165) is 68.9 Å². The molecular formula is C36H54N4O6. The van der Waals surface area contributed by atoms with E-state index in [9.17, 15) is 29.4 Å². The first kappa shape index (κ1) is 38.1. The quantitative estimate of drug-likeness (QED) is 0.0773. The van der Waals surface area contributed by atoms with E-state index in [1.807, 2.05) is 26.0 Å². The summed E-state index contributed by atoms with van der Waals surface area (Å²) in [7, 11) is 0. The first-order valence-electron chi connectivity index (χ1n) is 17.0. The Morgan fingerprint density at radius 1 is 0.565 bits per heavy atom. The minimum Gasteiger partial charge on any atom is -0.507 e. The molecule has 0 saturated carbocycles. The van der Waals surface area contributed by atoms with Gasteiger partial charge in [0, 0.05) is 11.8 Å². The van der Waals surface area contributed by atoms with Crippen LogP contribution in [0.3, 0.4) is 0 Å². The molecule has 0 aliphatic carbocycles. The van der Waals surface area contributed by atoms with Crippen LogP contribution in [0.5, 0.6) is 11.5 Å². The number of rotatable bonds is 19. The fourth-order valence-corrected chi connectivity index (χ4v) is 5.47. The van der Waals surface area contributed by atoms with E-state index in [-0.39, 0.29) is 46.3 Å². The molecule has 0 aromatic heterocycles. The number of aromatic hydroxyl groups is 2. The summed E-state index contributed by atoms with van der Waals surface area (Å²) in [5, 5.41) is 20.7. The van der Waals surface area contributed by atoms with Gasteiger partial charge in [-0.1, -0.05) is 78.4 Å². The lowest BCUT2D eigenvalue weighted by Crippen LogP contribution is -2.45. The van der Waals surface area contributed by atoms with Crippen molar-refractivity contribution < 1.29 is 29.4 Å². The van der Waals surface area contributed by atoms with Gasteiger partial charge in [0.05, 0.1) is 11.1 Å². The van der Waals surface area contributed by atoms with Crippen molar-refractivity contribution in [1.82, 2.24) is 21.7 Å². The topological polar surface area (TPSA) is 157 Å². The van der Waals surface area contributed by atoms with Gasteiger partial charge in [0.25, 0.3) is 11.8 Å². The standard InChI is InChI=1S/C36H54N4O6/c1-5-9-11-15-25-19-21-29(31(41)23-25)35(45)39-37-33(43)27(8-4)17-13-18-28(14-7-3)34(44)38-40-36(46)30-22-20-26(24-32(30)42)16-12-10-6-2/h19-24,27-28,41-42H,5-18H2,1-4H3,(H,37,43)(H,38,44)(H,39,45)(H,40,46). The molecule has 4 amide bonds. The molecule has 0 saturated heterocycles. The summed E-state index contributed by atoms with van der Waals surface area (Å²) in [4.78, 5) is 51.0. The molecule has 2 atom stereocenters. The Kier molecular flexibility index (Phi) is 17.3. The van der Waals surface area contributed by atoms with Gasteiger partial charge in [-0.2, -0.15) is 0 Å². The number of hydrazine groups is 2. The highest BCUT2D eigenvalue weighted by atomic mass is 16.3. The van der Waals surface area contributed by atoms with Crippen LogP contribution in [0.25, 0.3) is 0 Å². The summed E-state index contributed by atoms with van der Waals surface area (Å²) in [5.74, 6) is -2.87. The molecule has 2 aromatic rings. The molecule has 2 aromatic carbocycles. The van der Waals surface area contributed by atoms with Gasteiger partial charge in [-0.15, -0.1) is 0 Å². The largest absolute Gasteiger partial charge is 0.507 e. The Morgan fingerprint density at radius 2 is 1.02 bits per heavy atom. The highest BCUT2D eigenvalue weighted by Gasteiger charge is 2.22. The molecule has 0 fully saturated rings. The number of unbranched alkanes of at least 4 members (excludes halogenated alkanes) is 4. The number of phenolic OH excluding ortho intramolecular Hbond substituents is 2. The number of aryl methyl sites for hydroxylation is 2. The summed E-state index contributed by atoms with van der Waals surface area (Å²) < 4.78 is 0. The number of hydrogen-bond acceptors (Lipinski definition) is 6. The van der Waals surface area contributed by atoms with Gasteiger partial charge < -0.3 is 10.2 Å². The lowest BCUT2D eigenvalue weighted by atomic mass is 9.92. The van der Waals surface area contributed by atoms with Crippen molar-refractivity contribution in [1.29, 1.82) is 0 Å². The highest BCUT2D eigenvalue weighted by molar-refractivity contribution is 5.98. The molecule has 46 heavy (non-hydrogen) atoms. The van der Waals surface area contributed by atoms with Gasteiger partial charge in [-0.3, -0.25) is 40.9 Å². The van der Waals surface area contributed by atoms with Gasteiger partial charge in [-0.25, -0.2) is 0 Å². The second kappa shape index (κ2) is 20.9. The van der Waals surface area contributed by atoms with E-state index < -0.39 is 11.8 Å². The van der Waals surface area contributed by atoms with Gasteiger partial charge in [0.15, 0.2) is 0 Å². The number of carbonyl (C=O) groups excluding carboxylic acids is 4. The van der Waals surface area contributed by atoms with Crippen molar-refractivity contribution in [2.24, 2.45) is 11.8 Å². The van der Waals surface area contributed by atoms with Gasteiger partial charge in [-0.05, 0) is 86.8 Å². The predicted molar refractivity (Wildman–Crippen MR) is 180 cm³/mol. The smallest absolute Gasteiger partial charge is 0.273 e. The lowest BCUT2D eigenvalue weighted by molar-refractivity contribution is -0.126. The van der Waals surface area contributed by atoms with E-state index in [1.54, 1.807) is 24.3 Å². The van der Waals surface area contributed by atoms with Crippen LogP contribution >= 0.6 is 0 Å². The Balaban J connectivity index is 1.83. The Labute approximate surface area is 274 Å². The first-order valence-corrected chi connectivity index (χ1v) is 17.0. The maximum atomic E-state index is 12.9. The van der Waals surface area contributed by atoms with Crippen LogP contribution in [0.15, 0.2) is 36.4 Å². The summed E-state index contributed by atoms with van der Waals surface area (Å²) in [6.45, 7) is 8.10. The third-order valence-corrected chi connectivity index (χ3v) is 8.33. The number of benzene rings is 2. The van der Waals surface area contributed by atoms with E-state index in [1.165, 1.54) is 0 Å². The number of amides is 4. The van der Waals surface area contributed by atoms with Crippen LogP contribution in [0, 0.1) is 11.8 Å². The molecule has 0 aliphatic rings. The van der Waals surface area contributed by atoms with Crippen LogP contribution in [-0.4, -0.2) is 33.8 Å². The van der Waals surface area contributed by atoms with Crippen molar-refractivity contribution in [3.05, 3.63) is 58.7 Å². The van der Waals surface area contributed by atoms with E-state index in [0.29, 0.717) is 32.1 Å². The average molecular weight is 639 g/mol. The zero-order valence-corrected chi connectivity index (χ0v) is 28.0. The molecule has 0 heterocycles. The van der Waals surface area contributed by atoms with Crippen LogP contribution in [0.2, 0.25) is 0 Å². The predicted octanol–water partition coefficient (Wildman–Crippen LogP) is 6.40. The zero-order chi connectivity index (χ0) is 33.9. The Hall–Kier alpha value is -4.08. The minimum atomic E-state index is -0.598. The van der Waals surface area contributed by atoms with E-state index >= 15 is 0 Å². The van der Waals surface area contributed by atoms with E-state index in [4.69, 9.17) is 0 Å². The fourth-order valence-electron chi connectivity index (χ4n) is 5.47. The number of phenols is 2. The molecule has 254 valence electrons. The maximum Gasteiger partial charge on any atom is 0.273 e. The number of hydrogen-bond donors (Lipinski definition) is 6. The van der Waals surface area contributed by atoms with Crippen LogP contribution < -0.4 is 21.7 Å². The molecule has 2 rings (SSSR count). The van der Waals surface area contributed by atoms with Crippen molar-refractivity contribution >= 4 is 23.6 Å². The van der Waals surface area contributed by atoms with Crippen molar-refractivity contribution in [2.75, 3.05) is 0 Å². The minimum absolute atomic E-state index is 0.0859. The number of nitrogens with one attached hydrogen (secondary N) is 4. The zero-order valence-electron chi connectivity index (χ0n) is 28.0. The molecule has 0 aliphatic heterocycles. The van der Waals surface area contributed by atoms with Gasteiger partial charge >= 0.3 is 0 Å². The van der Waals surface area contributed by atoms with Crippen molar-refractivity contribution in [2.45, 2.75) is 118 Å². The molecule has 6 N–H and O–H groups in total.